The van der Waals surface area contributed by atoms with Gasteiger partial charge in [-0.2, -0.15) is 0 Å². The van der Waals surface area contributed by atoms with Crippen LogP contribution in [0.4, 0.5) is 5.95 Å². The first-order valence-electron chi connectivity index (χ1n) is 5.71. The number of fused-ring (bicyclic) bond motifs is 1. The summed E-state index contributed by atoms with van der Waals surface area (Å²) in [5, 5.41) is 9.46. The van der Waals surface area contributed by atoms with Crippen LogP contribution in [-0.4, -0.2) is 34.3 Å². The summed E-state index contributed by atoms with van der Waals surface area (Å²) in [6.45, 7) is 1.75. The normalized spacial score (nSPS) is 18.2. The second-order valence-electron chi connectivity index (χ2n) is 4.30. The number of hydrogen-bond donors (Lipinski definition) is 2. The molecule has 0 unspecified atom stereocenters. The Balaban J connectivity index is 1.88. The van der Waals surface area contributed by atoms with E-state index in [9.17, 15) is 5.11 Å². The van der Waals surface area contributed by atoms with Crippen LogP contribution in [0, 0.1) is 0 Å². The molecule has 4 nitrogen and oxygen atoms in total. The SMILES string of the molecule is OC1CCN(c2nc3ccccc3[nH]2)CC1. The molecule has 1 aliphatic rings. The Morgan fingerprint density at radius 1 is 1.25 bits per heavy atom. The van der Waals surface area contributed by atoms with E-state index in [2.05, 4.69) is 14.9 Å². The van der Waals surface area contributed by atoms with Gasteiger partial charge in [0, 0.05) is 13.1 Å². The number of aromatic nitrogens is 2. The van der Waals surface area contributed by atoms with Crippen LogP contribution in [0.25, 0.3) is 11.0 Å². The third kappa shape index (κ3) is 1.65. The molecule has 2 aromatic rings. The molecule has 0 atom stereocenters. The summed E-state index contributed by atoms with van der Waals surface area (Å²) in [4.78, 5) is 10.1. The summed E-state index contributed by atoms with van der Waals surface area (Å²) in [6, 6.07) is 8.04. The highest BCUT2D eigenvalue weighted by molar-refractivity contribution is 5.77. The first-order chi connectivity index (χ1) is 7.83. The maximum atomic E-state index is 9.46. The highest BCUT2D eigenvalue weighted by Crippen LogP contribution is 2.20. The van der Waals surface area contributed by atoms with Gasteiger partial charge in [-0.3, -0.25) is 0 Å². The third-order valence-electron chi connectivity index (χ3n) is 3.14. The lowest BCUT2D eigenvalue weighted by Gasteiger charge is -2.29. The van der Waals surface area contributed by atoms with Crippen molar-refractivity contribution in [3.05, 3.63) is 24.3 Å². The first-order valence-corrected chi connectivity index (χ1v) is 5.71. The van der Waals surface area contributed by atoms with Crippen molar-refractivity contribution in [1.82, 2.24) is 9.97 Å². The number of rotatable bonds is 1. The maximum Gasteiger partial charge on any atom is 0.203 e. The number of para-hydroxylation sites is 2. The molecule has 0 saturated carbocycles. The number of piperidine rings is 1. The molecule has 1 saturated heterocycles. The number of aliphatic hydroxyl groups excluding tert-OH is 1. The second-order valence-corrected chi connectivity index (χ2v) is 4.30. The van der Waals surface area contributed by atoms with E-state index in [0.717, 1.165) is 42.9 Å². The predicted molar refractivity (Wildman–Crippen MR) is 63.5 cm³/mol. The van der Waals surface area contributed by atoms with Gasteiger partial charge >= 0.3 is 0 Å². The van der Waals surface area contributed by atoms with Crippen molar-refractivity contribution in [2.24, 2.45) is 0 Å². The smallest absolute Gasteiger partial charge is 0.203 e. The van der Waals surface area contributed by atoms with Crippen molar-refractivity contribution in [2.75, 3.05) is 18.0 Å². The topological polar surface area (TPSA) is 52.1 Å². The standard InChI is InChI=1S/C12H15N3O/c16-9-5-7-15(8-6-9)12-13-10-3-1-2-4-11(10)14-12/h1-4,9,16H,5-8H2,(H,13,14). The number of nitrogens with one attached hydrogen (secondary N) is 1. The highest BCUT2D eigenvalue weighted by atomic mass is 16.3. The zero-order valence-electron chi connectivity index (χ0n) is 9.06. The molecule has 0 spiro atoms. The number of hydrogen-bond acceptors (Lipinski definition) is 3. The van der Waals surface area contributed by atoms with Crippen molar-refractivity contribution in [3.63, 3.8) is 0 Å². The van der Waals surface area contributed by atoms with Crippen LogP contribution in [0.3, 0.4) is 0 Å². The molecule has 1 aliphatic heterocycles. The summed E-state index contributed by atoms with van der Waals surface area (Å²) in [5.41, 5.74) is 2.08. The van der Waals surface area contributed by atoms with Crippen LogP contribution < -0.4 is 4.90 Å². The second kappa shape index (κ2) is 3.79. The number of H-pyrrole nitrogens is 1. The average Bonchev–Trinajstić information content (AvgIpc) is 2.73. The minimum atomic E-state index is -0.138. The minimum absolute atomic E-state index is 0.138. The zero-order valence-corrected chi connectivity index (χ0v) is 9.06. The Morgan fingerprint density at radius 2 is 2.00 bits per heavy atom. The average molecular weight is 217 g/mol. The molecule has 1 fully saturated rings. The van der Waals surface area contributed by atoms with Gasteiger partial charge in [0.2, 0.25) is 5.95 Å². The van der Waals surface area contributed by atoms with E-state index in [-0.39, 0.29) is 6.10 Å². The van der Waals surface area contributed by atoms with E-state index < -0.39 is 0 Å². The number of imidazole rings is 1. The van der Waals surface area contributed by atoms with Crippen LogP contribution in [0.1, 0.15) is 12.8 Å². The molecule has 3 rings (SSSR count). The molecule has 2 N–H and O–H groups in total. The van der Waals surface area contributed by atoms with Crippen molar-refractivity contribution in [1.29, 1.82) is 0 Å². The summed E-state index contributed by atoms with van der Waals surface area (Å²) in [5.74, 6) is 0.924. The lowest BCUT2D eigenvalue weighted by Crippen LogP contribution is -2.36. The first kappa shape index (κ1) is 9.66. The fraction of sp³-hybridized carbons (Fsp3) is 0.417. The quantitative estimate of drug-likeness (QED) is 0.761. The van der Waals surface area contributed by atoms with E-state index in [4.69, 9.17) is 0 Å². The summed E-state index contributed by atoms with van der Waals surface area (Å²) < 4.78 is 0. The Hall–Kier alpha value is -1.55. The monoisotopic (exact) mass is 217 g/mol. The Bertz CT molecular complexity index is 453. The molecule has 0 aliphatic carbocycles. The Labute approximate surface area is 93.9 Å². The molecule has 16 heavy (non-hydrogen) atoms. The van der Waals surface area contributed by atoms with E-state index in [1.165, 1.54) is 0 Å². The molecular formula is C12H15N3O. The number of anilines is 1. The third-order valence-corrected chi connectivity index (χ3v) is 3.14. The van der Waals surface area contributed by atoms with Crippen molar-refractivity contribution >= 4 is 17.0 Å². The van der Waals surface area contributed by atoms with Gasteiger partial charge in [0.05, 0.1) is 17.1 Å². The number of aromatic amines is 1. The van der Waals surface area contributed by atoms with Gasteiger partial charge in [-0.05, 0) is 25.0 Å². The molecule has 0 bridgehead atoms. The maximum absolute atomic E-state index is 9.46. The minimum Gasteiger partial charge on any atom is -0.393 e. The largest absolute Gasteiger partial charge is 0.393 e. The molecule has 0 amide bonds. The fourth-order valence-electron chi connectivity index (χ4n) is 2.17. The van der Waals surface area contributed by atoms with Gasteiger partial charge in [-0.1, -0.05) is 12.1 Å². The van der Waals surface area contributed by atoms with Crippen molar-refractivity contribution in [3.8, 4) is 0 Å². The van der Waals surface area contributed by atoms with Gasteiger partial charge in [-0.25, -0.2) is 4.98 Å². The molecule has 84 valence electrons. The van der Waals surface area contributed by atoms with Crippen molar-refractivity contribution in [2.45, 2.75) is 18.9 Å². The van der Waals surface area contributed by atoms with Crippen LogP contribution in [-0.2, 0) is 0 Å². The summed E-state index contributed by atoms with van der Waals surface area (Å²) in [6.07, 6.45) is 1.52. The molecule has 2 heterocycles. The highest BCUT2D eigenvalue weighted by Gasteiger charge is 2.19. The van der Waals surface area contributed by atoms with Gasteiger partial charge in [-0.15, -0.1) is 0 Å². The molecule has 1 aromatic carbocycles. The van der Waals surface area contributed by atoms with Crippen LogP contribution in [0.2, 0.25) is 0 Å². The van der Waals surface area contributed by atoms with Gasteiger partial charge in [0.25, 0.3) is 0 Å². The van der Waals surface area contributed by atoms with E-state index in [1.54, 1.807) is 0 Å². The summed E-state index contributed by atoms with van der Waals surface area (Å²) >= 11 is 0. The molecule has 0 radical (unpaired) electrons. The molecular weight excluding hydrogens is 202 g/mol. The van der Waals surface area contributed by atoms with E-state index in [0.29, 0.717) is 0 Å². The van der Waals surface area contributed by atoms with Gasteiger partial charge in [0.15, 0.2) is 0 Å². The number of benzene rings is 1. The van der Waals surface area contributed by atoms with Crippen LogP contribution >= 0.6 is 0 Å². The molecule has 1 aromatic heterocycles. The Morgan fingerprint density at radius 3 is 2.75 bits per heavy atom. The summed E-state index contributed by atoms with van der Waals surface area (Å²) in [7, 11) is 0. The Kier molecular flexibility index (Phi) is 2.29. The predicted octanol–water partition coefficient (Wildman–Crippen LogP) is 1.52. The van der Waals surface area contributed by atoms with Gasteiger partial charge in [0.1, 0.15) is 0 Å². The number of aliphatic hydroxyl groups is 1. The zero-order chi connectivity index (χ0) is 11.0. The van der Waals surface area contributed by atoms with Crippen LogP contribution in [0.5, 0.6) is 0 Å². The number of nitrogens with zero attached hydrogens (tertiary/aromatic N) is 2. The van der Waals surface area contributed by atoms with Crippen molar-refractivity contribution < 1.29 is 5.11 Å². The van der Waals surface area contributed by atoms with Crippen LogP contribution in [0.15, 0.2) is 24.3 Å². The molecule has 4 heteroatoms. The fourth-order valence-corrected chi connectivity index (χ4v) is 2.17. The lowest BCUT2D eigenvalue weighted by atomic mass is 10.1. The van der Waals surface area contributed by atoms with Gasteiger partial charge < -0.3 is 15.0 Å². The lowest BCUT2D eigenvalue weighted by molar-refractivity contribution is 0.145. The van der Waals surface area contributed by atoms with E-state index in [1.807, 2.05) is 24.3 Å². The van der Waals surface area contributed by atoms with E-state index >= 15 is 0 Å².